The van der Waals surface area contributed by atoms with E-state index in [1.165, 1.54) is 15.8 Å². The Balaban J connectivity index is 2.25. The zero-order valence-corrected chi connectivity index (χ0v) is 12.8. The summed E-state index contributed by atoms with van der Waals surface area (Å²) in [5, 5.41) is 4.27. The second-order valence-corrected chi connectivity index (χ2v) is 5.35. The molecule has 2 rings (SSSR count). The Morgan fingerprint density at radius 1 is 1.29 bits per heavy atom. The van der Waals surface area contributed by atoms with Crippen molar-refractivity contribution >= 4 is 5.69 Å². The van der Waals surface area contributed by atoms with Crippen LogP contribution >= 0.6 is 0 Å². The number of hydrogen-bond donors (Lipinski definition) is 1. The molecule has 0 bridgehead atoms. The van der Waals surface area contributed by atoms with Gasteiger partial charge in [0.25, 0.3) is 5.56 Å². The summed E-state index contributed by atoms with van der Waals surface area (Å²) in [6.45, 7) is 5.82. The van der Waals surface area contributed by atoms with E-state index in [2.05, 4.69) is 23.3 Å². The van der Waals surface area contributed by atoms with E-state index in [1.54, 1.807) is 12.3 Å². The van der Waals surface area contributed by atoms with E-state index >= 15 is 0 Å². The van der Waals surface area contributed by atoms with Crippen LogP contribution in [0.3, 0.4) is 0 Å². The molecule has 0 saturated carbocycles. The predicted octanol–water partition coefficient (Wildman–Crippen LogP) is 1.30. The van der Waals surface area contributed by atoms with Crippen LogP contribution in [-0.4, -0.2) is 29.9 Å². The molecule has 1 heterocycles. The van der Waals surface area contributed by atoms with Crippen LogP contribution in [0.2, 0.25) is 0 Å². The first-order valence-electron chi connectivity index (χ1n) is 7.06. The highest BCUT2D eigenvalue weighted by Gasteiger charge is 2.06. The SMILES string of the molecule is Cc1ccc(C)c(Cn2ncc(N(C)CCN)cc2=O)c1. The van der Waals surface area contributed by atoms with Crippen LogP contribution in [0.1, 0.15) is 16.7 Å². The van der Waals surface area contributed by atoms with Crippen LogP contribution in [0, 0.1) is 13.8 Å². The summed E-state index contributed by atoms with van der Waals surface area (Å²) < 4.78 is 1.49. The normalized spacial score (nSPS) is 10.7. The van der Waals surface area contributed by atoms with Gasteiger partial charge in [-0.15, -0.1) is 0 Å². The van der Waals surface area contributed by atoms with E-state index in [9.17, 15) is 4.79 Å². The number of aromatic nitrogens is 2. The van der Waals surface area contributed by atoms with Crippen molar-refractivity contribution in [3.05, 3.63) is 57.5 Å². The number of anilines is 1. The number of benzene rings is 1. The Bertz CT molecular complexity index is 678. The van der Waals surface area contributed by atoms with Crippen molar-refractivity contribution in [3.8, 4) is 0 Å². The van der Waals surface area contributed by atoms with Crippen molar-refractivity contribution in [2.45, 2.75) is 20.4 Å². The monoisotopic (exact) mass is 286 g/mol. The van der Waals surface area contributed by atoms with Gasteiger partial charge in [-0.25, -0.2) is 4.68 Å². The van der Waals surface area contributed by atoms with E-state index in [0.717, 1.165) is 11.3 Å². The van der Waals surface area contributed by atoms with Gasteiger partial charge in [0.2, 0.25) is 0 Å². The zero-order chi connectivity index (χ0) is 15.4. The fraction of sp³-hybridized carbons (Fsp3) is 0.375. The lowest BCUT2D eigenvalue weighted by atomic mass is 10.1. The van der Waals surface area contributed by atoms with E-state index in [0.29, 0.717) is 19.6 Å². The van der Waals surface area contributed by atoms with E-state index < -0.39 is 0 Å². The Labute approximate surface area is 125 Å². The summed E-state index contributed by atoms with van der Waals surface area (Å²) in [6, 6.07) is 7.84. The summed E-state index contributed by atoms with van der Waals surface area (Å²) in [5.74, 6) is 0. The molecule has 21 heavy (non-hydrogen) atoms. The first kappa shape index (κ1) is 15.3. The molecular formula is C16H22N4O. The molecule has 5 nitrogen and oxygen atoms in total. The quantitative estimate of drug-likeness (QED) is 0.900. The number of rotatable bonds is 5. The smallest absolute Gasteiger partial charge is 0.269 e. The molecule has 5 heteroatoms. The molecule has 0 atom stereocenters. The Morgan fingerprint density at radius 3 is 2.71 bits per heavy atom. The predicted molar refractivity (Wildman–Crippen MR) is 85.8 cm³/mol. The van der Waals surface area contributed by atoms with Crippen LogP contribution in [-0.2, 0) is 6.54 Å². The van der Waals surface area contributed by atoms with E-state index in [1.807, 2.05) is 25.8 Å². The maximum atomic E-state index is 12.2. The molecular weight excluding hydrogens is 264 g/mol. The van der Waals surface area contributed by atoms with Gasteiger partial charge >= 0.3 is 0 Å². The summed E-state index contributed by atoms with van der Waals surface area (Å²) in [4.78, 5) is 14.1. The minimum Gasteiger partial charge on any atom is -0.372 e. The summed E-state index contributed by atoms with van der Waals surface area (Å²) in [7, 11) is 1.90. The van der Waals surface area contributed by atoms with Crippen LogP contribution in [0.4, 0.5) is 5.69 Å². The molecule has 0 fully saturated rings. The number of hydrogen-bond acceptors (Lipinski definition) is 4. The van der Waals surface area contributed by atoms with Gasteiger partial charge in [-0.05, 0) is 25.0 Å². The van der Waals surface area contributed by atoms with Crippen molar-refractivity contribution < 1.29 is 0 Å². The summed E-state index contributed by atoms with van der Waals surface area (Å²) in [6.07, 6.45) is 1.71. The second-order valence-electron chi connectivity index (χ2n) is 5.35. The molecule has 112 valence electrons. The van der Waals surface area contributed by atoms with Crippen molar-refractivity contribution in [1.29, 1.82) is 0 Å². The zero-order valence-electron chi connectivity index (χ0n) is 12.8. The Morgan fingerprint density at radius 2 is 2.05 bits per heavy atom. The molecule has 0 spiro atoms. The van der Waals surface area contributed by atoms with Gasteiger partial charge in [0, 0.05) is 26.2 Å². The van der Waals surface area contributed by atoms with Crippen molar-refractivity contribution in [1.82, 2.24) is 9.78 Å². The third-order valence-corrected chi connectivity index (χ3v) is 3.59. The van der Waals surface area contributed by atoms with Crippen LogP contribution in [0.15, 0.2) is 35.3 Å². The number of likely N-dealkylation sites (N-methyl/N-ethyl adjacent to an activating group) is 1. The lowest BCUT2D eigenvalue weighted by Gasteiger charge is -2.18. The Hall–Kier alpha value is -2.14. The van der Waals surface area contributed by atoms with Gasteiger partial charge in [-0.1, -0.05) is 23.8 Å². The average molecular weight is 286 g/mol. The van der Waals surface area contributed by atoms with Gasteiger partial charge in [0.05, 0.1) is 18.4 Å². The van der Waals surface area contributed by atoms with E-state index in [4.69, 9.17) is 5.73 Å². The van der Waals surface area contributed by atoms with Gasteiger partial charge < -0.3 is 10.6 Å². The molecule has 2 aromatic rings. The van der Waals surface area contributed by atoms with Crippen LogP contribution < -0.4 is 16.2 Å². The minimum absolute atomic E-state index is 0.0997. The third-order valence-electron chi connectivity index (χ3n) is 3.59. The molecule has 0 radical (unpaired) electrons. The van der Waals surface area contributed by atoms with Crippen molar-refractivity contribution in [2.75, 3.05) is 25.0 Å². The maximum Gasteiger partial charge on any atom is 0.269 e. The largest absolute Gasteiger partial charge is 0.372 e. The molecule has 0 amide bonds. The van der Waals surface area contributed by atoms with Crippen molar-refractivity contribution in [3.63, 3.8) is 0 Å². The summed E-state index contributed by atoms with van der Waals surface area (Å²) in [5.41, 5.74) is 9.68. The first-order chi connectivity index (χ1) is 10.0. The maximum absolute atomic E-state index is 12.2. The molecule has 0 saturated heterocycles. The number of nitrogens with two attached hydrogens (primary N) is 1. The van der Waals surface area contributed by atoms with Crippen molar-refractivity contribution in [2.24, 2.45) is 5.73 Å². The molecule has 0 unspecified atom stereocenters. The topological polar surface area (TPSA) is 64.2 Å². The number of nitrogens with zero attached hydrogens (tertiary/aromatic N) is 3. The number of aryl methyl sites for hydroxylation is 2. The minimum atomic E-state index is -0.0997. The van der Waals surface area contributed by atoms with Gasteiger partial charge in [0.1, 0.15) is 0 Å². The van der Waals surface area contributed by atoms with Crippen LogP contribution in [0.25, 0.3) is 0 Å². The van der Waals surface area contributed by atoms with E-state index in [-0.39, 0.29) is 5.56 Å². The molecule has 0 aliphatic rings. The lowest BCUT2D eigenvalue weighted by molar-refractivity contribution is 0.635. The first-order valence-corrected chi connectivity index (χ1v) is 7.06. The Kier molecular flexibility index (Phi) is 4.75. The molecule has 0 aliphatic carbocycles. The fourth-order valence-corrected chi connectivity index (χ4v) is 2.21. The highest BCUT2D eigenvalue weighted by molar-refractivity contribution is 5.41. The molecule has 1 aromatic carbocycles. The fourth-order valence-electron chi connectivity index (χ4n) is 2.21. The highest BCUT2D eigenvalue weighted by atomic mass is 16.1. The van der Waals surface area contributed by atoms with Gasteiger partial charge in [0.15, 0.2) is 0 Å². The highest BCUT2D eigenvalue weighted by Crippen LogP contribution is 2.12. The molecule has 0 aliphatic heterocycles. The molecule has 1 aromatic heterocycles. The van der Waals surface area contributed by atoms with Gasteiger partial charge in [-0.3, -0.25) is 4.79 Å². The standard InChI is InChI=1S/C16H22N4O/c1-12-4-5-13(2)14(8-12)11-20-16(21)9-15(10-18-20)19(3)7-6-17/h4-5,8-10H,6-7,11,17H2,1-3H3. The van der Waals surface area contributed by atoms with Gasteiger partial charge in [-0.2, -0.15) is 5.10 Å². The average Bonchev–Trinajstić information content (AvgIpc) is 2.45. The van der Waals surface area contributed by atoms with Crippen LogP contribution in [0.5, 0.6) is 0 Å². The lowest BCUT2D eigenvalue weighted by Crippen LogP contribution is -2.29. The summed E-state index contributed by atoms with van der Waals surface area (Å²) >= 11 is 0. The second kappa shape index (κ2) is 6.54. The molecule has 2 N–H and O–H groups in total. The third kappa shape index (κ3) is 3.70.